The predicted octanol–water partition coefficient (Wildman–Crippen LogP) is 1.98. The Morgan fingerprint density at radius 3 is 2.55 bits per heavy atom. The Morgan fingerprint density at radius 1 is 1.23 bits per heavy atom. The van der Waals surface area contributed by atoms with Gasteiger partial charge in [-0.3, -0.25) is 0 Å². The van der Waals surface area contributed by atoms with Crippen LogP contribution in [0, 0.1) is 6.92 Å². The van der Waals surface area contributed by atoms with E-state index in [2.05, 4.69) is 10.6 Å². The third-order valence-electron chi connectivity index (χ3n) is 3.42. The summed E-state index contributed by atoms with van der Waals surface area (Å²) in [5, 5.41) is 6.61. The van der Waals surface area contributed by atoms with Crippen LogP contribution in [-0.2, 0) is 14.3 Å². The smallest absolute Gasteiger partial charge is 0.338 e. The summed E-state index contributed by atoms with van der Waals surface area (Å²) >= 11 is 5.20. The Balaban J connectivity index is 2.28. The van der Waals surface area contributed by atoms with Crippen molar-refractivity contribution in [3.05, 3.63) is 46.7 Å². The highest BCUT2D eigenvalue weighted by atomic mass is 32.1. The highest BCUT2D eigenvalue weighted by Crippen LogP contribution is 2.27. The van der Waals surface area contributed by atoms with Crippen molar-refractivity contribution in [1.29, 1.82) is 0 Å². The van der Waals surface area contributed by atoms with Gasteiger partial charge in [-0.25, -0.2) is 4.79 Å². The van der Waals surface area contributed by atoms with Crippen LogP contribution in [0.4, 0.5) is 0 Å². The number of nitrogens with one attached hydrogen (secondary N) is 2. The van der Waals surface area contributed by atoms with Crippen LogP contribution in [0.15, 0.2) is 35.5 Å². The van der Waals surface area contributed by atoms with E-state index in [0.29, 0.717) is 23.0 Å². The van der Waals surface area contributed by atoms with Gasteiger partial charge in [0.1, 0.15) is 6.61 Å². The zero-order chi connectivity index (χ0) is 16.1. The summed E-state index contributed by atoms with van der Waals surface area (Å²) in [5.41, 5.74) is 3.36. The zero-order valence-corrected chi connectivity index (χ0v) is 13.8. The van der Waals surface area contributed by atoms with Crippen molar-refractivity contribution in [2.75, 3.05) is 20.3 Å². The van der Waals surface area contributed by atoms with Crippen LogP contribution in [0.25, 0.3) is 0 Å². The fraction of sp³-hybridized carbons (Fsp3) is 0.375. The summed E-state index contributed by atoms with van der Waals surface area (Å²) in [6.45, 7) is 4.43. The lowest BCUT2D eigenvalue weighted by atomic mass is 9.95. The first-order chi connectivity index (χ1) is 10.5. The van der Waals surface area contributed by atoms with E-state index < -0.39 is 0 Å². The van der Waals surface area contributed by atoms with Crippen molar-refractivity contribution in [2.45, 2.75) is 19.9 Å². The SMILES string of the molecule is COCCOC(=O)C1=C(C)NC(=S)N[C@H]1c1ccc(C)cc1. The second-order valence-electron chi connectivity index (χ2n) is 5.11. The molecule has 1 aliphatic rings. The monoisotopic (exact) mass is 320 g/mol. The lowest BCUT2D eigenvalue weighted by Gasteiger charge is -2.30. The minimum Gasteiger partial charge on any atom is -0.460 e. The van der Waals surface area contributed by atoms with Crippen molar-refractivity contribution in [3.63, 3.8) is 0 Å². The van der Waals surface area contributed by atoms with Gasteiger partial charge in [0.2, 0.25) is 0 Å². The van der Waals surface area contributed by atoms with Crippen molar-refractivity contribution in [2.24, 2.45) is 0 Å². The molecule has 0 fully saturated rings. The van der Waals surface area contributed by atoms with E-state index in [1.165, 1.54) is 0 Å². The number of allylic oxidation sites excluding steroid dienone is 1. The highest BCUT2D eigenvalue weighted by Gasteiger charge is 2.30. The van der Waals surface area contributed by atoms with E-state index in [4.69, 9.17) is 21.7 Å². The summed E-state index contributed by atoms with van der Waals surface area (Å²) in [6, 6.07) is 7.66. The Hall–Kier alpha value is -1.92. The number of thiocarbonyl (C=S) groups is 1. The maximum absolute atomic E-state index is 12.4. The molecular formula is C16H20N2O3S. The minimum atomic E-state index is -0.373. The molecule has 0 saturated carbocycles. The first-order valence-electron chi connectivity index (χ1n) is 7.04. The first-order valence-corrected chi connectivity index (χ1v) is 7.44. The number of hydrogen-bond acceptors (Lipinski definition) is 4. The van der Waals surface area contributed by atoms with E-state index in [-0.39, 0.29) is 18.6 Å². The van der Waals surface area contributed by atoms with Crippen LogP contribution in [-0.4, -0.2) is 31.4 Å². The van der Waals surface area contributed by atoms with Crippen molar-refractivity contribution in [3.8, 4) is 0 Å². The predicted molar refractivity (Wildman–Crippen MR) is 88.3 cm³/mol. The van der Waals surface area contributed by atoms with Crippen molar-refractivity contribution >= 4 is 23.3 Å². The zero-order valence-electron chi connectivity index (χ0n) is 12.9. The molecule has 0 saturated heterocycles. The summed E-state index contributed by atoms with van der Waals surface area (Å²) in [5.74, 6) is -0.373. The van der Waals surface area contributed by atoms with Gasteiger partial charge in [0.05, 0.1) is 18.2 Å². The fourth-order valence-corrected chi connectivity index (χ4v) is 2.54. The molecule has 0 aromatic heterocycles. The fourth-order valence-electron chi connectivity index (χ4n) is 2.27. The Morgan fingerprint density at radius 2 is 1.91 bits per heavy atom. The maximum atomic E-state index is 12.4. The Bertz CT molecular complexity index is 596. The molecule has 1 aromatic rings. The number of methoxy groups -OCH3 is 1. The normalized spacial score (nSPS) is 17.8. The molecule has 1 aliphatic heterocycles. The summed E-state index contributed by atoms with van der Waals surface area (Å²) < 4.78 is 10.2. The maximum Gasteiger partial charge on any atom is 0.338 e. The highest BCUT2D eigenvalue weighted by molar-refractivity contribution is 7.80. The molecule has 1 atom stereocenters. The van der Waals surface area contributed by atoms with Gasteiger partial charge in [0.25, 0.3) is 0 Å². The molecule has 0 spiro atoms. The summed E-state index contributed by atoms with van der Waals surface area (Å²) in [7, 11) is 1.57. The van der Waals surface area contributed by atoms with Crippen LogP contribution in [0.3, 0.4) is 0 Å². The van der Waals surface area contributed by atoms with Gasteiger partial charge >= 0.3 is 5.97 Å². The topological polar surface area (TPSA) is 59.6 Å². The van der Waals surface area contributed by atoms with Crippen LogP contribution < -0.4 is 10.6 Å². The first kappa shape index (κ1) is 16.5. The summed E-state index contributed by atoms with van der Waals surface area (Å²) in [4.78, 5) is 12.4. The number of carbonyl (C=O) groups is 1. The number of esters is 1. The molecule has 22 heavy (non-hydrogen) atoms. The van der Waals surface area contributed by atoms with E-state index in [9.17, 15) is 4.79 Å². The molecule has 0 unspecified atom stereocenters. The molecule has 0 radical (unpaired) electrons. The number of rotatable bonds is 5. The number of benzene rings is 1. The third-order valence-corrected chi connectivity index (χ3v) is 3.64. The number of carbonyl (C=O) groups excluding carboxylic acids is 1. The second-order valence-corrected chi connectivity index (χ2v) is 5.52. The van der Waals surface area contributed by atoms with Gasteiger partial charge in [-0.15, -0.1) is 0 Å². The summed E-state index contributed by atoms with van der Waals surface area (Å²) in [6.07, 6.45) is 0. The second kappa shape index (κ2) is 7.38. The van der Waals surface area contributed by atoms with E-state index in [0.717, 1.165) is 11.1 Å². The van der Waals surface area contributed by atoms with Gasteiger partial charge in [0, 0.05) is 12.8 Å². The van der Waals surface area contributed by atoms with E-state index in [1.54, 1.807) is 7.11 Å². The lowest BCUT2D eigenvalue weighted by molar-refractivity contribution is -0.140. The minimum absolute atomic E-state index is 0.219. The molecule has 2 rings (SSSR count). The molecule has 6 heteroatoms. The number of ether oxygens (including phenoxy) is 2. The van der Waals surface area contributed by atoms with Gasteiger partial charge in [-0.2, -0.15) is 0 Å². The molecule has 0 bridgehead atoms. The lowest BCUT2D eigenvalue weighted by Crippen LogP contribution is -2.45. The van der Waals surface area contributed by atoms with Crippen LogP contribution in [0.1, 0.15) is 24.1 Å². The molecule has 1 aromatic carbocycles. The van der Waals surface area contributed by atoms with Gasteiger partial charge < -0.3 is 20.1 Å². The van der Waals surface area contributed by atoms with Crippen LogP contribution in [0.5, 0.6) is 0 Å². The van der Waals surface area contributed by atoms with E-state index >= 15 is 0 Å². The van der Waals surface area contributed by atoms with Crippen LogP contribution in [0.2, 0.25) is 0 Å². The van der Waals surface area contributed by atoms with Gasteiger partial charge in [-0.1, -0.05) is 29.8 Å². The third kappa shape index (κ3) is 3.84. The number of hydrogen-bond donors (Lipinski definition) is 2. The van der Waals surface area contributed by atoms with Gasteiger partial charge in [-0.05, 0) is 31.6 Å². The molecule has 2 N–H and O–H groups in total. The molecule has 0 amide bonds. The molecule has 0 aliphatic carbocycles. The standard InChI is InChI=1S/C16H20N2O3S/c1-10-4-6-12(7-5-10)14-13(11(2)17-16(22)18-14)15(19)21-9-8-20-3/h4-7,14H,8-9H2,1-3H3,(H2,17,18,22)/t14-/m0/s1. The number of aryl methyl sites for hydroxylation is 1. The Kier molecular flexibility index (Phi) is 5.51. The van der Waals surface area contributed by atoms with Crippen LogP contribution >= 0.6 is 12.2 Å². The largest absolute Gasteiger partial charge is 0.460 e. The van der Waals surface area contributed by atoms with E-state index in [1.807, 2.05) is 38.1 Å². The van der Waals surface area contributed by atoms with Crippen molar-refractivity contribution in [1.82, 2.24) is 10.6 Å². The molecule has 1 heterocycles. The Labute approximate surface area is 135 Å². The molecule has 5 nitrogen and oxygen atoms in total. The average molecular weight is 320 g/mol. The average Bonchev–Trinajstić information content (AvgIpc) is 2.47. The van der Waals surface area contributed by atoms with Gasteiger partial charge in [0.15, 0.2) is 5.11 Å². The van der Waals surface area contributed by atoms with Crippen molar-refractivity contribution < 1.29 is 14.3 Å². The quantitative estimate of drug-likeness (QED) is 0.491. The molecule has 118 valence electrons. The molecular weight excluding hydrogens is 300 g/mol.